The van der Waals surface area contributed by atoms with Gasteiger partial charge in [0.2, 0.25) is 0 Å². The molecule has 0 saturated carbocycles. The Balaban J connectivity index is 2.32. The quantitative estimate of drug-likeness (QED) is 0.722. The van der Waals surface area contributed by atoms with Crippen LogP contribution in [0.3, 0.4) is 0 Å². The Bertz CT molecular complexity index is 295. The molecule has 1 rings (SSSR count). The van der Waals surface area contributed by atoms with Crippen molar-refractivity contribution in [1.82, 2.24) is 5.32 Å². The Morgan fingerprint density at radius 2 is 1.75 bits per heavy atom. The van der Waals surface area contributed by atoms with Crippen molar-refractivity contribution in [1.29, 1.82) is 0 Å². The standard InChI is InChI=1S/C15H25N/c1-12(2)11-16-10-6-9-15-13(3)7-5-8-14(15)4/h5,7-8,12,16H,6,9-11H2,1-4H3. The molecule has 0 heterocycles. The van der Waals surface area contributed by atoms with Gasteiger partial charge in [-0.05, 0) is 62.4 Å². The molecule has 0 amide bonds. The number of hydrogen-bond acceptors (Lipinski definition) is 1. The Labute approximate surface area is 100 Å². The number of nitrogens with one attached hydrogen (secondary N) is 1. The van der Waals surface area contributed by atoms with Crippen molar-refractivity contribution in [3.63, 3.8) is 0 Å². The molecular formula is C15H25N. The maximum Gasteiger partial charge on any atom is -0.00258 e. The van der Waals surface area contributed by atoms with Crippen molar-refractivity contribution in [3.8, 4) is 0 Å². The molecule has 1 aromatic rings. The number of aryl methyl sites for hydroxylation is 2. The molecule has 0 unspecified atom stereocenters. The van der Waals surface area contributed by atoms with E-state index in [1.807, 2.05) is 0 Å². The molecule has 0 spiro atoms. The zero-order chi connectivity index (χ0) is 12.0. The van der Waals surface area contributed by atoms with Crippen LogP contribution in [0.15, 0.2) is 18.2 Å². The molecule has 1 N–H and O–H groups in total. The predicted octanol–water partition coefficient (Wildman–Crippen LogP) is 3.48. The average molecular weight is 219 g/mol. The van der Waals surface area contributed by atoms with E-state index in [1.54, 1.807) is 0 Å². The molecule has 0 aliphatic carbocycles. The highest BCUT2D eigenvalue weighted by molar-refractivity contribution is 5.33. The molecule has 0 aliphatic heterocycles. The molecule has 0 bridgehead atoms. The smallest absolute Gasteiger partial charge is 0.00258 e. The van der Waals surface area contributed by atoms with Crippen molar-refractivity contribution in [3.05, 3.63) is 34.9 Å². The van der Waals surface area contributed by atoms with E-state index in [2.05, 4.69) is 51.2 Å². The molecule has 0 radical (unpaired) electrons. The van der Waals surface area contributed by atoms with Crippen LogP contribution in [0, 0.1) is 19.8 Å². The van der Waals surface area contributed by atoms with Gasteiger partial charge in [-0.2, -0.15) is 0 Å². The monoisotopic (exact) mass is 219 g/mol. The van der Waals surface area contributed by atoms with Gasteiger partial charge in [-0.3, -0.25) is 0 Å². The lowest BCUT2D eigenvalue weighted by Crippen LogP contribution is -2.21. The molecule has 0 atom stereocenters. The van der Waals surface area contributed by atoms with E-state index in [-0.39, 0.29) is 0 Å². The highest BCUT2D eigenvalue weighted by atomic mass is 14.8. The maximum absolute atomic E-state index is 3.49. The van der Waals surface area contributed by atoms with Crippen LogP contribution in [0.2, 0.25) is 0 Å². The normalized spacial score (nSPS) is 11.1. The van der Waals surface area contributed by atoms with Crippen molar-refractivity contribution in [2.45, 2.75) is 40.5 Å². The zero-order valence-electron chi connectivity index (χ0n) is 11.1. The van der Waals surface area contributed by atoms with E-state index >= 15 is 0 Å². The van der Waals surface area contributed by atoms with Gasteiger partial charge in [0.25, 0.3) is 0 Å². The Morgan fingerprint density at radius 3 is 2.31 bits per heavy atom. The topological polar surface area (TPSA) is 12.0 Å². The fraction of sp³-hybridized carbons (Fsp3) is 0.600. The average Bonchev–Trinajstić information content (AvgIpc) is 2.21. The lowest BCUT2D eigenvalue weighted by molar-refractivity contribution is 0.542. The minimum Gasteiger partial charge on any atom is -0.316 e. The summed E-state index contributed by atoms with van der Waals surface area (Å²) in [7, 11) is 0. The molecule has 0 aliphatic rings. The lowest BCUT2D eigenvalue weighted by Gasteiger charge is -2.10. The molecule has 0 aromatic heterocycles. The minimum atomic E-state index is 0.750. The Morgan fingerprint density at radius 1 is 1.12 bits per heavy atom. The summed E-state index contributed by atoms with van der Waals surface area (Å²) in [5.41, 5.74) is 4.40. The minimum absolute atomic E-state index is 0.750. The van der Waals surface area contributed by atoms with Crippen LogP contribution in [0.4, 0.5) is 0 Å². The van der Waals surface area contributed by atoms with Gasteiger partial charge >= 0.3 is 0 Å². The molecule has 90 valence electrons. The van der Waals surface area contributed by atoms with Crippen LogP contribution in [-0.4, -0.2) is 13.1 Å². The van der Waals surface area contributed by atoms with E-state index in [1.165, 1.54) is 29.5 Å². The number of rotatable bonds is 6. The SMILES string of the molecule is Cc1cccc(C)c1CCCNCC(C)C. The van der Waals surface area contributed by atoms with E-state index < -0.39 is 0 Å². The first kappa shape index (κ1) is 13.2. The van der Waals surface area contributed by atoms with Crippen LogP contribution in [0.1, 0.15) is 37.0 Å². The van der Waals surface area contributed by atoms with Gasteiger partial charge in [0.05, 0.1) is 0 Å². The summed E-state index contributed by atoms with van der Waals surface area (Å²) >= 11 is 0. The van der Waals surface area contributed by atoms with Crippen molar-refractivity contribution < 1.29 is 0 Å². The summed E-state index contributed by atoms with van der Waals surface area (Å²) in [5.74, 6) is 0.750. The first-order valence-corrected chi connectivity index (χ1v) is 6.37. The second-order valence-electron chi connectivity index (χ2n) is 5.07. The number of benzene rings is 1. The predicted molar refractivity (Wildman–Crippen MR) is 71.9 cm³/mol. The molecular weight excluding hydrogens is 194 g/mol. The lowest BCUT2D eigenvalue weighted by atomic mass is 9.99. The third-order valence-corrected chi connectivity index (χ3v) is 2.98. The maximum atomic E-state index is 3.49. The molecule has 0 saturated heterocycles. The van der Waals surface area contributed by atoms with Crippen LogP contribution >= 0.6 is 0 Å². The van der Waals surface area contributed by atoms with Crippen molar-refractivity contribution >= 4 is 0 Å². The highest BCUT2D eigenvalue weighted by Gasteiger charge is 2.01. The molecule has 0 fully saturated rings. The molecule has 1 aromatic carbocycles. The first-order chi connectivity index (χ1) is 7.61. The number of hydrogen-bond donors (Lipinski definition) is 1. The van der Waals surface area contributed by atoms with Crippen molar-refractivity contribution in [2.24, 2.45) is 5.92 Å². The van der Waals surface area contributed by atoms with Gasteiger partial charge < -0.3 is 5.32 Å². The molecule has 16 heavy (non-hydrogen) atoms. The summed E-state index contributed by atoms with van der Waals surface area (Å²) in [4.78, 5) is 0. The van der Waals surface area contributed by atoms with Crippen LogP contribution < -0.4 is 5.32 Å². The zero-order valence-corrected chi connectivity index (χ0v) is 11.1. The summed E-state index contributed by atoms with van der Waals surface area (Å²) in [5, 5.41) is 3.49. The van der Waals surface area contributed by atoms with Gasteiger partial charge in [0.15, 0.2) is 0 Å². The van der Waals surface area contributed by atoms with Crippen LogP contribution in [0.5, 0.6) is 0 Å². The largest absolute Gasteiger partial charge is 0.316 e. The van der Waals surface area contributed by atoms with Crippen LogP contribution in [0.25, 0.3) is 0 Å². The Kier molecular flexibility index (Phi) is 5.54. The van der Waals surface area contributed by atoms with Gasteiger partial charge in [-0.15, -0.1) is 0 Å². The fourth-order valence-corrected chi connectivity index (χ4v) is 2.02. The van der Waals surface area contributed by atoms with Gasteiger partial charge in [-0.25, -0.2) is 0 Å². The Hall–Kier alpha value is -0.820. The van der Waals surface area contributed by atoms with E-state index in [9.17, 15) is 0 Å². The van der Waals surface area contributed by atoms with E-state index in [4.69, 9.17) is 0 Å². The molecule has 1 heteroatoms. The summed E-state index contributed by atoms with van der Waals surface area (Å²) in [6, 6.07) is 6.57. The first-order valence-electron chi connectivity index (χ1n) is 6.37. The summed E-state index contributed by atoms with van der Waals surface area (Å²) in [6.07, 6.45) is 2.43. The van der Waals surface area contributed by atoms with E-state index in [0.717, 1.165) is 19.0 Å². The highest BCUT2D eigenvalue weighted by Crippen LogP contribution is 2.14. The summed E-state index contributed by atoms with van der Waals surface area (Å²) in [6.45, 7) is 11.2. The third-order valence-electron chi connectivity index (χ3n) is 2.98. The molecule has 1 nitrogen and oxygen atoms in total. The third kappa shape index (κ3) is 4.36. The van der Waals surface area contributed by atoms with Crippen LogP contribution in [-0.2, 0) is 6.42 Å². The summed E-state index contributed by atoms with van der Waals surface area (Å²) < 4.78 is 0. The van der Waals surface area contributed by atoms with Gasteiger partial charge in [-0.1, -0.05) is 32.0 Å². The van der Waals surface area contributed by atoms with Crippen molar-refractivity contribution in [2.75, 3.05) is 13.1 Å². The van der Waals surface area contributed by atoms with Gasteiger partial charge in [0.1, 0.15) is 0 Å². The second kappa shape index (κ2) is 6.70. The fourth-order valence-electron chi connectivity index (χ4n) is 2.02. The van der Waals surface area contributed by atoms with E-state index in [0.29, 0.717) is 0 Å². The van der Waals surface area contributed by atoms with Gasteiger partial charge in [0, 0.05) is 0 Å². The second-order valence-corrected chi connectivity index (χ2v) is 5.07.